The summed E-state index contributed by atoms with van der Waals surface area (Å²) in [6.07, 6.45) is 4.20. The van der Waals surface area contributed by atoms with Crippen LogP contribution in [0, 0.1) is 17.3 Å². The number of nitrogens with one attached hydrogen (secondary N) is 1. The molecule has 0 unspecified atom stereocenters. The predicted octanol–water partition coefficient (Wildman–Crippen LogP) is 3.00. The normalized spacial score (nSPS) is 18.8. The molecule has 6 heteroatoms. The number of amides is 1. The van der Waals surface area contributed by atoms with Crippen molar-refractivity contribution in [3.8, 4) is 0 Å². The molecule has 2 atom stereocenters. The van der Waals surface area contributed by atoms with E-state index in [0.717, 1.165) is 32.1 Å². The lowest BCUT2D eigenvalue weighted by molar-refractivity contribution is -0.148. The molecule has 1 aliphatic rings. The van der Waals surface area contributed by atoms with Crippen LogP contribution in [-0.4, -0.2) is 36.1 Å². The maximum atomic E-state index is 12.7. The van der Waals surface area contributed by atoms with Crippen molar-refractivity contribution in [1.29, 1.82) is 0 Å². The molecule has 132 valence electrons. The number of hydrogen-bond donors (Lipinski definition) is 2. The number of carboxylic acids is 1. The number of ether oxygens (including phenoxy) is 1. The first-order chi connectivity index (χ1) is 10.7. The van der Waals surface area contributed by atoms with E-state index < -0.39 is 29.4 Å². The van der Waals surface area contributed by atoms with Gasteiger partial charge in [0.15, 0.2) is 5.78 Å². The van der Waals surface area contributed by atoms with Gasteiger partial charge >= 0.3 is 12.1 Å². The molecular formula is C17H29NO5. The fourth-order valence-electron chi connectivity index (χ4n) is 3.21. The first-order valence-electron chi connectivity index (χ1n) is 8.26. The number of Topliss-reactive ketones (excluding diaryl/α,β-unsaturated/α-hetero) is 1. The number of rotatable bonds is 6. The molecule has 0 spiro atoms. The summed E-state index contributed by atoms with van der Waals surface area (Å²) >= 11 is 0. The smallest absolute Gasteiger partial charge is 0.407 e. The van der Waals surface area contributed by atoms with Gasteiger partial charge in [0.2, 0.25) is 0 Å². The fourth-order valence-corrected chi connectivity index (χ4v) is 3.21. The molecule has 1 fully saturated rings. The Labute approximate surface area is 138 Å². The average Bonchev–Trinajstić information content (AvgIpc) is 2.49. The number of hydrogen-bond acceptors (Lipinski definition) is 4. The van der Waals surface area contributed by atoms with Gasteiger partial charge in [-0.1, -0.05) is 40.0 Å². The van der Waals surface area contributed by atoms with E-state index in [2.05, 4.69) is 10.1 Å². The minimum atomic E-state index is -0.980. The summed E-state index contributed by atoms with van der Waals surface area (Å²) in [4.78, 5) is 35.8. The van der Waals surface area contributed by atoms with Gasteiger partial charge in [0.05, 0.1) is 19.1 Å². The Morgan fingerprint density at radius 3 is 2.17 bits per heavy atom. The van der Waals surface area contributed by atoms with Gasteiger partial charge in [0.25, 0.3) is 0 Å². The van der Waals surface area contributed by atoms with E-state index in [-0.39, 0.29) is 18.1 Å². The summed E-state index contributed by atoms with van der Waals surface area (Å²) < 4.78 is 4.62. The predicted molar refractivity (Wildman–Crippen MR) is 86.1 cm³/mol. The molecule has 0 saturated heterocycles. The SMILES string of the molecule is COC(=O)N[C@H](C(=O)C[C@H](C(=O)O)C(C)(C)C)C1CCCCC1. The molecule has 1 amide bonds. The zero-order chi connectivity index (χ0) is 17.6. The number of alkyl carbamates (subject to hydrolysis) is 1. The van der Waals surface area contributed by atoms with Crippen molar-refractivity contribution in [2.75, 3.05) is 7.11 Å². The molecular weight excluding hydrogens is 298 g/mol. The van der Waals surface area contributed by atoms with Gasteiger partial charge in [0.1, 0.15) is 0 Å². The van der Waals surface area contributed by atoms with Crippen LogP contribution in [-0.2, 0) is 14.3 Å². The molecule has 0 aromatic carbocycles. The van der Waals surface area contributed by atoms with Crippen molar-refractivity contribution >= 4 is 17.8 Å². The zero-order valence-corrected chi connectivity index (χ0v) is 14.6. The highest BCUT2D eigenvalue weighted by molar-refractivity contribution is 5.90. The highest BCUT2D eigenvalue weighted by atomic mass is 16.5. The van der Waals surface area contributed by atoms with Crippen LogP contribution in [0.4, 0.5) is 4.79 Å². The van der Waals surface area contributed by atoms with Crippen LogP contribution in [0.5, 0.6) is 0 Å². The Kier molecular flexibility index (Phi) is 7.03. The van der Waals surface area contributed by atoms with Gasteiger partial charge < -0.3 is 15.2 Å². The van der Waals surface area contributed by atoms with Crippen LogP contribution in [0.1, 0.15) is 59.3 Å². The van der Waals surface area contributed by atoms with Crippen molar-refractivity contribution in [3.05, 3.63) is 0 Å². The second kappa shape index (κ2) is 8.31. The Morgan fingerprint density at radius 1 is 1.17 bits per heavy atom. The van der Waals surface area contributed by atoms with E-state index in [1.807, 2.05) is 20.8 Å². The minimum Gasteiger partial charge on any atom is -0.481 e. The number of ketones is 1. The minimum absolute atomic E-state index is 0.0600. The fraction of sp³-hybridized carbons (Fsp3) is 0.824. The third-order valence-electron chi connectivity index (χ3n) is 4.68. The van der Waals surface area contributed by atoms with Crippen molar-refractivity contribution < 1.29 is 24.2 Å². The number of aliphatic carboxylic acids is 1. The van der Waals surface area contributed by atoms with Crippen molar-refractivity contribution in [3.63, 3.8) is 0 Å². The van der Waals surface area contributed by atoms with Crippen LogP contribution in [0.15, 0.2) is 0 Å². The number of carbonyl (C=O) groups excluding carboxylic acids is 2. The standard InChI is InChI=1S/C17H29NO5/c1-17(2,3)12(15(20)21)10-13(19)14(18-16(22)23-4)11-8-6-5-7-9-11/h11-12,14H,5-10H2,1-4H3,(H,18,22)(H,20,21)/t12-,14+/m1/s1. The van der Waals surface area contributed by atoms with Crippen LogP contribution < -0.4 is 5.32 Å². The second-order valence-corrected chi connectivity index (χ2v) is 7.44. The summed E-state index contributed by atoms with van der Waals surface area (Å²) in [5.41, 5.74) is -0.524. The summed E-state index contributed by atoms with van der Waals surface area (Å²) in [7, 11) is 1.26. The third kappa shape index (κ3) is 5.84. The van der Waals surface area contributed by atoms with E-state index in [1.54, 1.807) is 0 Å². The summed E-state index contributed by atoms with van der Waals surface area (Å²) in [6, 6.07) is -0.660. The molecule has 1 saturated carbocycles. The molecule has 0 aromatic heterocycles. The molecule has 0 heterocycles. The molecule has 0 bridgehead atoms. The number of methoxy groups -OCH3 is 1. The molecule has 1 rings (SSSR count). The molecule has 2 N–H and O–H groups in total. The van der Waals surface area contributed by atoms with E-state index in [9.17, 15) is 19.5 Å². The lowest BCUT2D eigenvalue weighted by atomic mass is 9.75. The molecule has 1 aliphatic carbocycles. The monoisotopic (exact) mass is 327 g/mol. The van der Waals surface area contributed by atoms with Gasteiger partial charge in [-0.3, -0.25) is 9.59 Å². The summed E-state index contributed by atoms with van der Waals surface area (Å²) in [6.45, 7) is 5.42. The summed E-state index contributed by atoms with van der Waals surface area (Å²) in [5.74, 6) is -1.92. The average molecular weight is 327 g/mol. The van der Waals surface area contributed by atoms with Gasteiger partial charge in [0, 0.05) is 6.42 Å². The largest absolute Gasteiger partial charge is 0.481 e. The van der Waals surface area contributed by atoms with E-state index in [1.165, 1.54) is 7.11 Å². The van der Waals surface area contributed by atoms with Gasteiger partial charge in [-0.15, -0.1) is 0 Å². The quantitative estimate of drug-likeness (QED) is 0.782. The van der Waals surface area contributed by atoms with E-state index in [4.69, 9.17) is 0 Å². The molecule has 0 aromatic rings. The van der Waals surface area contributed by atoms with Crippen molar-refractivity contribution in [2.24, 2.45) is 17.3 Å². The Hall–Kier alpha value is -1.59. The first kappa shape index (κ1) is 19.5. The lowest BCUT2D eigenvalue weighted by Gasteiger charge is -2.32. The highest BCUT2D eigenvalue weighted by Crippen LogP contribution is 2.32. The lowest BCUT2D eigenvalue weighted by Crippen LogP contribution is -2.48. The van der Waals surface area contributed by atoms with Gasteiger partial charge in [-0.25, -0.2) is 4.79 Å². The van der Waals surface area contributed by atoms with E-state index in [0.29, 0.717) is 0 Å². The Bertz CT molecular complexity index is 435. The molecule has 6 nitrogen and oxygen atoms in total. The maximum Gasteiger partial charge on any atom is 0.407 e. The van der Waals surface area contributed by atoms with Crippen molar-refractivity contribution in [2.45, 2.75) is 65.3 Å². The van der Waals surface area contributed by atoms with E-state index >= 15 is 0 Å². The number of carboxylic acid groups (broad SMARTS) is 1. The topological polar surface area (TPSA) is 92.7 Å². The van der Waals surface area contributed by atoms with Crippen LogP contribution in [0.25, 0.3) is 0 Å². The highest BCUT2D eigenvalue weighted by Gasteiger charge is 2.38. The summed E-state index contributed by atoms with van der Waals surface area (Å²) in [5, 5.41) is 12.0. The maximum absolute atomic E-state index is 12.7. The first-order valence-corrected chi connectivity index (χ1v) is 8.26. The van der Waals surface area contributed by atoms with Gasteiger partial charge in [-0.2, -0.15) is 0 Å². The molecule has 0 radical (unpaired) electrons. The molecule has 23 heavy (non-hydrogen) atoms. The second-order valence-electron chi connectivity index (χ2n) is 7.44. The van der Waals surface area contributed by atoms with Crippen LogP contribution in [0.3, 0.4) is 0 Å². The third-order valence-corrected chi connectivity index (χ3v) is 4.68. The van der Waals surface area contributed by atoms with Crippen LogP contribution >= 0.6 is 0 Å². The van der Waals surface area contributed by atoms with Crippen molar-refractivity contribution in [1.82, 2.24) is 5.32 Å². The van der Waals surface area contributed by atoms with Crippen LogP contribution in [0.2, 0.25) is 0 Å². The number of carbonyl (C=O) groups is 3. The Morgan fingerprint density at radius 2 is 1.74 bits per heavy atom. The van der Waals surface area contributed by atoms with Gasteiger partial charge in [-0.05, 0) is 24.2 Å². The zero-order valence-electron chi connectivity index (χ0n) is 14.6. The molecule has 0 aliphatic heterocycles. The Balaban J connectivity index is 2.88.